The van der Waals surface area contributed by atoms with Gasteiger partial charge in [-0.05, 0) is 36.4 Å². The van der Waals surface area contributed by atoms with Crippen molar-refractivity contribution in [3.05, 3.63) is 29.3 Å². The van der Waals surface area contributed by atoms with Crippen molar-refractivity contribution in [1.29, 1.82) is 0 Å². The van der Waals surface area contributed by atoms with Gasteiger partial charge in [0.15, 0.2) is 0 Å². The monoisotopic (exact) mass is 326 g/mol. The van der Waals surface area contributed by atoms with Crippen LogP contribution in [0, 0.1) is 0 Å². The number of hydrogen-bond donors (Lipinski definition) is 1. The lowest BCUT2D eigenvalue weighted by molar-refractivity contribution is -0.131. The van der Waals surface area contributed by atoms with E-state index in [1.54, 1.807) is 16.7 Å². The van der Waals surface area contributed by atoms with E-state index in [-0.39, 0.29) is 11.8 Å². The number of carbonyl (C=O) groups is 2. The summed E-state index contributed by atoms with van der Waals surface area (Å²) in [4.78, 5) is 26.3. The highest BCUT2D eigenvalue weighted by molar-refractivity contribution is 7.99. The maximum atomic E-state index is 12.1. The molecule has 1 aliphatic rings. The fourth-order valence-electron chi connectivity index (χ4n) is 2.12. The molecule has 1 N–H and O–H groups in total. The van der Waals surface area contributed by atoms with Gasteiger partial charge in [-0.25, -0.2) is 0 Å². The molecule has 2 rings (SSSR count). The molecule has 1 aliphatic heterocycles. The average Bonchev–Trinajstić information content (AvgIpc) is 2.70. The summed E-state index contributed by atoms with van der Waals surface area (Å²) in [5.74, 6) is 1.07. The third-order valence-electron chi connectivity index (χ3n) is 3.28. The molecule has 0 spiro atoms. The summed E-state index contributed by atoms with van der Waals surface area (Å²) in [6, 6.07) is 7.72. The molecular formula is C15H19ClN2O2S. The normalized spacial score (nSPS) is 15.5. The van der Waals surface area contributed by atoms with Crippen LogP contribution in [0.2, 0.25) is 5.02 Å². The molecular weight excluding hydrogens is 308 g/mol. The van der Waals surface area contributed by atoms with Crippen LogP contribution in [0.25, 0.3) is 0 Å². The van der Waals surface area contributed by atoms with E-state index in [1.807, 2.05) is 24.3 Å². The third-order valence-corrected chi connectivity index (χ3v) is 4.63. The second kappa shape index (κ2) is 8.29. The van der Waals surface area contributed by atoms with E-state index in [0.717, 1.165) is 22.1 Å². The van der Waals surface area contributed by atoms with Crippen molar-refractivity contribution in [2.45, 2.75) is 24.2 Å². The average molecular weight is 327 g/mol. The Morgan fingerprint density at radius 3 is 2.81 bits per heavy atom. The molecule has 0 aromatic heterocycles. The minimum atomic E-state index is 0.0311. The number of carbonyl (C=O) groups excluding carboxylic acids is 2. The number of nitrogens with one attached hydrogen (secondary N) is 1. The Labute approximate surface area is 134 Å². The summed E-state index contributed by atoms with van der Waals surface area (Å²) in [6.07, 6.45) is 1.78. The van der Waals surface area contributed by atoms with Crippen LogP contribution in [0.5, 0.6) is 0 Å². The molecule has 1 heterocycles. The zero-order valence-electron chi connectivity index (χ0n) is 11.8. The van der Waals surface area contributed by atoms with E-state index in [9.17, 15) is 9.59 Å². The molecule has 0 saturated carbocycles. The number of hydrogen-bond acceptors (Lipinski definition) is 3. The number of benzene rings is 1. The van der Waals surface area contributed by atoms with Gasteiger partial charge >= 0.3 is 0 Å². The maximum absolute atomic E-state index is 12.1. The highest BCUT2D eigenvalue weighted by atomic mass is 35.5. The zero-order chi connectivity index (χ0) is 15.1. The molecule has 0 atom stereocenters. The van der Waals surface area contributed by atoms with Gasteiger partial charge in [-0.3, -0.25) is 9.59 Å². The van der Waals surface area contributed by atoms with Gasteiger partial charge in [-0.1, -0.05) is 11.6 Å². The SMILES string of the molecule is O=C1CCN(C(=O)CCCSc2ccc(Cl)cc2)CCN1. The standard InChI is InChI=1S/C15H19ClN2O2S/c16-12-3-5-13(6-4-12)21-11-1-2-15(20)18-9-7-14(19)17-8-10-18/h3-6H,1-2,7-11H2,(H,17,19). The molecule has 1 fully saturated rings. The molecule has 1 saturated heterocycles. The van der Waals surface area contributed by atoms with Gasteiger partial charge in [0.05, 0.1) is 0 Å². The van der Waals surface area contributed by atoms with Crippen molar-refractivity contribution in [1.82, 2.24) is 10.2 Å². The number of nitrogens with zero attached hydrogens (tertiary/aromatic N) is 1. The molecule has 2 amide bonds. The fraction of sp³-hybridized carbons (Fsp3) is 0.467. The Morgan fingerprint density at radius 2 is 2.05 bits per heavy atom. The molecule has 1 aromatic carbocycles. The minimum Gasteiger partial charge on any atom is -0.354 e. The first kappa shape index (κ1) is 16.2. The van der Waals surface area contributed by atoms with Crippen molar-refractivity contribution in [2.24, 2.45) is 0 Å². The molecule has 114 valence electrons. The number of amides is 2. The lowest BCUT2D eigenvalue weighted by atomic mass is 10.3. The molecule has 21 heavy (non-hydrogen) atoms. The van der Waals surface area contributed by atoms with E-state index in [1.165, 1.54) is 0 Å². The lowest BCUT2D eigenvalue weighted by Crippen LogP contribution is -2.34. The second-order valence-corrected chi connectivity index (χ2v) is 6.49. The van der Waals surface area contributed by atoms with Crippen molar-refractivity contribution in [3.8, 4) is 0 Å². The quantitative estimate of drug-likeness (QED) is 0.668. The predicted octanol–water partition coefficient (Wildman–Crippen LogP) is 2.56. The van der Waals surface area contributed by atoms with Crippen LogP contribution >= 0.6 is 23.4 Å². The van der Waals surface area contributed by atoms with Crippen LogP contribution in [0.3, 0.4) is 0 Å². The summed E-state index contributed by atoms with van der Waals surface area (Å²) >= 11 is 7.56. The molecule has 0 bridgehead atoms. The van der Waals surface area contributed by atoms with Crippen LogP contribution in [-0.2, 0) is 9.59 Å². The van der Waals surface area contributed by atoms with E-state index >= 15 is 0 Å². The first-order chi connectivity index (χ1) is 10.1. The molecule has 4 nitrogen and oxygen atoms in total. The third kappa shape index (κ3) is 5.59. The number of rotatable bonds is 5. The molecule has 0 unspecified atom stereocenters. The number of halogens is 1. The highest BCUT2D eigenvalue weighted by Gasteiger charge is 2.17. The zero-order valence-corrected chi connectivity index (χ0v) is 13.4. The molecule has 1 aromatic rings. The van der Waals surface area contributed by atoms with Crippen LogP contribution in [-0.4, -0.2) is 42.1 Å². The van der Waals surface area contributed by atoms with Gasteiger partial charge in [-0.2, -0.15) is 0 Å². The van der Waals surface area contributed by atoms with Gasteiger partial charge < -0.3 is 10.2 Å². The largest absolute Gasteiger partial charge is 0.354 e. The van der Waals surface area contributed by atoms with Gasteiger partial charge in [0, 0.05) is 42.4 Å². The Morgan fingerprint density at radius 1 is 1.29 bits per heavy atom. The summed E-state index contributed by atoms with van der Waals surface area (Å²) in [5.41, 5.74) is 0. The second-order valence-electron chi connectivity index (χ2n) is 4.89. The topological polar surface area (TPSA) is 49.4 Å². The number of thioether (sulfide) groups is 1. The lowest BCUT2D eigenvalue weighted by Gasteiger charge is -2.19. The van der Waals surface area contributed by atoms with Gasteiger partial charge in [0.2, 0.25) is 11.8 Å². The highest BCUT2D eigenvalue weighted by Crippen LogP contribution is 2.21. The Bertz CT molecular complexity index is 493. The summed E-state index contributed by atoms with van der Waals surface area (Å²) < 4.78 is 0. The summed E-state index contributed by atoms with van der Waals surface area (Å²) in [7, 11) is 0. The van der Waals surface area contributed by atoms with Crippen LogP contribution < -0.4 is 5.32 Å². The van der Waals surface area contributed by atoms with E-state index < -0.39 is 0 Å². The van der Waals surface area contributed by atoms with Crippen molar-refractivity contribution in [2.75, 3.05) is 25.4 Å². The van der Waals surface area contributed by atoms with Crippen molar-refractivity contribution >= 4 is 35.2 Å². The smallest absolute Gasteiger partial charge is 0.222 e. The van der Waals surface area contributed by atoms with E-state index in [2.05, 4.69) is 5.32 Å². The van der Waals surface area contributed by atoms with Crippen LogP contribution in [0.1, 0.15) is 19.3 Å². The van der Waals surface area contributed by atoms with Crippen LogP contribution in [0.4, 0.5) is 0 Å². The van der Waals surface area contributed by atoms with Crippen LogP contribution in [0.15, 0.2) is 29.2 Å². The molecule has 0 radical (unpaired) electrons. The maximum Gasteiger partial charge on any atom is 0.222 e. The van der Waals surface area contributed by atoms with E-state index in [4.69, 9.17) is 11.6 Å². The first-order valence-electron chi connectivity index (χ1n) is 7.08. The summed E-state index contributed by atoms with van der Waals surface area (Å²) in [6.45, 7) is 1.72. The first-order valence-corrected chi connectivity index (χ1v) is 8.44. The van der Waals surface area contributed by atoms with Gasteiger partial charge in [0.1, 0.15) is 0 Å². The fourth-order valence-corrected chi connectivity index (χ4v) is 3.10. The Balaban J connectivity index is 1.67. The predicted molar refractivity (Wildman–Crippen MR) is 85.6 cm³/mol. The van der Waals surface area contributed by atoms with Gasteiger partial charge in [0.25, 0.3) is 0 Å². The molecule has 6 heteroatoms. The van der Waals surface area contributed by atoms with E-state index in [0.29, 0.717) is 32.5 Å². The van der Waals surface area contributed by atoms with Crippen molar-refractivity contribution < 1.29 is 9.59 Å². The Kier molecular flexibility index (Phi) is 6.39. The van der Waals surface area contributed by atoms with Crippen molar-refractivity contribution in [3.63, 3.8) is 0 Å². The van der Waals surface area contributed by atoms with Gasteiger partial charge in [-0.15, -0.1) is 11.8 Å². The Hall–Kier alpha value is -1.20. The summed E-state index contributed by atoms with van der Waals surface area (Å²) in [5, 5.41) is 3.51. The minimum absolute atomic E-state index is 0.0311. The molecule has 0 aliphatic carbocycles.